The van der Waals surface area contributed by atoms with E-state index in [-0.39, 0.29) is 11.7 Å². The summed E-state index contributed by atoms with van der Waals surface area (Å²) in [6.45, 7) is 2.00. The predicted molar refractivity (Wildman–Crippen MR) is 114 cm³/mol. The Morgan fingerprint density at radius 1 is 1.17 bits per heavy atom. The molecule has 4 aromatic rings. The summed E-state index contributed by atoms with van der Waals surface area (Å²) in [5, 5.41) is 20.8. The highest BCUT2D eigenvalue weighted by Crippen LogP contribution is 2.17. The lowest BCUT2D eigenvalue weighted by molar-refractivity contribution is -0.113. The molecule has 0 aliphatic heterocycles. The fraction of sp³-hybridized carbons (Fsp3) is 0.105. The number of carbonyl (C=O) groups is 1. The van der Waals surface area contributed by atoms with Gasteiger partial charge in [0.15, 0.2) is 0 Å². The second-order valence-electron chi connectivity index (χ2n) is 6.17. The number of anilines is 1. The first-order valence-electron chi connectivity index (χ1n) is 8.66. The van der Waals surface area contributed by atoms with Gasteiger partial charge in [0.2, 0.25) is 11.1 Å². The van der Waals surface area contributed by atoms with Crippen LogP contribution >= 0.6 is 23.4 Å². The topological polar surface area (TPSA) is 89.5 Å². The molecule has 1 N–H and O–H groups in total. The average molecular weight is 426 g/mol. The van der Waals surface area contributed by atoms with Crippen LogP contribution in [0.3, 0.4) is 0 Å². The van der Waals surface area contributed by atoms with E-state index in [1.165, 1.54) is 22.8 Å². The fourth-order valence-electron chi connectivity index (χ4n) is 2.47. The molecule has 2 aromatic carbocycles. The molecule has 0 radical (unpaired) electrons. The van der Waals surface area contributed by atoms with Crippen molar-refractivity contribution < 1.29 is 4.79 Å². The van der Waals surface area contributed by atoms with E-state index in [4.69, 9.17) is 11.6 Å². The minimum absolute atomic E-state index is 0.129. The maximum absolute atomic E-state index is 12.2. The molecule has 146 valence electrons. The Labute approximate surface area is 175 Å². The van der Waals surface area contributed by atoms with Crippen molar-refractivity contribution in [3.8, 4) is 0 Å². The van der Waals surface area contributed by atoms with Crippen LogP contribution in [0.4, 0.5) is 5.69 Å². The lowest BCUT2D eigenvalue weighted by Gasteiger charge is -2.04. The number of hydrogen-bond donors (Lipinski definition) is 1. The number of thioether (sulfide) groups is 1. The maximum atomic E-state index is 12.2. The third-order valence-electron chi connectivity index (χ3n) is 3.95. The first kappa shape index (κ1) is 19.2. The van der Waals surface area contributed by atoms with Crippen molar-refractivity contribution in [3.05, 3.63) is 71.0 Å². The normalized spacial score (nSPS) is 11.4. The molecular formula is C19H16ClN7OS. The number of nitrogens with zero attached hydrogens (tertiary/aromatic N) is 6. The number of rotatable bonds is 6. The van der Waals surface area contributed by atoms with Gasteiger partial charge in [-0.25, -0.2) is 0 Å². The van der Waals surface area contributed by atoms with Gasteiger partial charge in [-0.2, -0.15) is 19.4 Å². The molecular weight excluding hydrogens is 410 g/mol. The molecule has 0 spiro atoms. The summed E-state index contributed by atoms with van der Waals surface area (Å²) in [6.07, 6.45) is 3.21. The van der Waals surface area contributed by atoms with Crippen molar-refractivity contribution in [1.29, 1.82) is 0 Å². The average Bonchev–Trinajstić information content (AvgIpc) is 3.30. The predicted octanol–water partition coefficient (Wildman–Crippen LogP) is 3.50. The zero-order valence-electron chi connectivity index (χ0n) is 15.4. The Kier molecular flexibility index (Phi) is 5.59. The number of aromatic nitrogens is 5. The Balaban J connectivity index is 1.41. The van der Waals surface area contributed by atoms with Gasteiger partial charge < -0.3 is 5.32 Å². The number of halogens is 1. The lowest BCUT2D eigenvalue weighted by atomic mass is 10.2. The van der Waals surface area contributed by atoms with Crippen molar-refractivity contribution in [1.82, 2.24) is 24.5 Å². The Morgan fingerprint density at radius 3 is 2.69 bits per heavy atom. The van der Waals surface area contributed by atoms with Crippen LogP contribution in [-0.2, 0) is 4.79 Å². The standard InChI is InChI=1S/C19H16ClN7OS/c1-13-2-8-16(9-3-13)23-17(28)11-29-19-25-24-18-26(12-22-27(18)19)21-10-14-4-6-15(20)7-5-14/h2-10,12H,11H2,1H3,(H,23,28)/b21-10-. The number of carbonyl (C=O) groups excluding carboxylic acids is 1. The molecule has 2 heterocycles. The second kappa shape index (κ2) is 8.46. The van der Waals surface area contributed by atoms with Crippen LogP contribution in [-0.4, -0.2) is 42.4 Å². The Hall–Kier alpha value is -3.17. The minimum Gasteiger partial charge on any atom is -0.325 e. The van der Waals surface area contributed by atoms with Crippen molar-refractivity contribution in [2.45, 2.75) is 12.1 Å². The third kappa shape index (κ3) is 4.64. The first-order chi connectivity index (χ1) is 14.1. The summed E-state index contributed by atoms with van der Waals surface area (Å²) in [6, 6.07) is 14.9. The smallest absolute Gasteiger partial charge is 0.275 e. The van der Waals surface area contributed by atoms with E-state index in [0.29, 0.717) is 16.0 Å². The van der Waals surface area contributed by atoms with E-state index in [2.05, 4.69) is 25.7 Å². The van der Waals surface area contributed by atoms with Gasteiger partial charge in [0.1, 0.15) is 6.33 Å². The molecule has 0 aliphatic rings. The van der Waals surface area contributed by atoms with E-state index >= 15 is 0 Å². The zero-order valence-corrected chi connectivity index (χ0v) is 16.9. The molecule has 0 bridgehead atoms. The van der Waals surface area contributed by atoms with Crippen LogP contribution in [0.25, 0.3) is 5.78 Å². The van der Waals surface area contributed by atoms with Gasteiger partial charge >= 0.3 is 0 Å². The van der Waals surface area contributed by atoms with Gasteiger partial charge in [-0.1, -0.05) is 53.2 Å². The molecule has 0 unspecified atom stereocenters. The van der Waals surface area contributed by atoms with Crippen LogP contribution < -0.4 is 5.32 Å². The molecule has 0 aliphatic carbocycles. The van der Waals surface area contributed by atoms with Gasteiger partial charge in [0.25, 0.3) is 5.78 Å². The largest absolute Gasteiger partial charge is 0.325 e. The molecule has 1 amide bonds. The summed E-state index contributed by atoms with van der Waals surface area (Å²) >= 11 is 7.14. The number of benzene rings is 2. The fourth-order valence-corrected chi connectivity index (χ4v) is 3.28. The maximum Gasteiger partial charge on any atom is 0.275 e. The second-order valence-corrected chi connectivity index (χ2v) is 7.55. The zero-order chi connectivity index (χ0) is 20.2. The molecule has 4 rings (SSSR count). The summed E-state index contributed by atoms with van der Waals surface area (Å²) in [7, 11) is 0. The minimum atomic E-state index is -0.129. The first-order valence-corrected chi connectivity index (χ1v) is 10.0. The number of nitrogens with one attached hydrogen (secondary N) is 1. The molecule has 2 aromatic heterocycles. The Morgan fingerprint density at radius 2 is 1.93 bits per heavy atom. The van der Waals surface area contributed by atoms with Crippen LogP contribution in [0.1, 0.15) is 11.1 Å². The lowest BCUT2D eigenvalue weighted by Crippen LogP contribution is -2.14. The van der Waals surface area contributed by atoms with Gasteiger partial charge in [0.05, 0.1) is 12.0 Å². The summed E-state index contributed by atoms with van der Waals surface area (Å²) in [5.41, 5.74) is 2.79. The molecule has 0 saturated carbocycles. The molecule has 0 fully saturated rings. The monoisotopic (exact) mass is 425 g/mol. The molecule has 0 saturated heterocycles. The highest BCUT2D eigenvalue weighted by atomic mass is 35.5. The van der Waals surface area contributed by atoms with E-state index in [1.807, 2.05) is 43.3 Å². The van der Waals surface area contributed by atoms with E-state index in [1.54, 1.807) is 22.9 Å². The van der Waals surface area contributed by atoms with Crippen molar-refractivity contribution in [2.24, 2.45) is 5.10 Å². The van der Waals surface area contributed by atoms with Crippen LogP contribution in [0.2, 0.25) is 5.02 Å². The van der Waals surface area contributed by atoms with Crippen molar-refractivity contribution in [3.63, 3.8) is 0 Å². The number of aryl methyl sites for hydroxylation is 1. The Bertz CT molecular complexity index is 1170. The molecule has 0 atom stereocenters. The summed E-state index contributed by atoms with van der Waals surface area (Å²) < 4.78 is 3.06. The summed E-state index contributed by atoms with van der Waals surface area (Å²) in [4.78, 5) is 12.2. The molecule has 8 nitrogen and oxygen atoms in total. The van der Waals surface area contributed by atoms with Crippen molar-refractivity contribution in [2.75, 3.05) is 11.1 Å². The van der Waals surface area contributed by atoms with Gasteiger partial charge in [-0.15, -0.1) is 10.2 Å². The quantitative estimate of drug-likeness (QED) is 0.377. The van der Waals surface area contributed by atoms with Gasteiger partial charge in [0, 0.05) is 10.7 Å². The SMILES string of the molecule is Cc1ccc(NC(=O)CSc2nnc3n(/N=C\c4ccc(Cl)cc4)cnn23)cc1. The van der Waals surface area contributed by atoms with Crippen LogP contribution in [0.15, 0.2) is 65.1 Å². The van der Waals surface area contributed by atoms with Gasteiger partial charge in [-0.05, 0) is 36.8 Å². The third-order valence-corrected chi connectivity index (χ3v) is 5.12. The van der Waals surface area contributed by atoms with E-state index in [0.717, 1.165) is 16.8 Å². The number of fused-ring (bicyclic) bond motifs is 1. The molecule has 10 heteroatoms. The van der Waals surface area contributed by atoms with Crippen LogP contribution in [0.5, 0.6) is 0 Å². The van der Waals surface area contributed by atoms with Gasteiger partial charge in [-0.3, -0.25) is 4.79 Å². The number of amides is 1. The highest BCUT2D eigenvalue weighted by Gasteiger charge is 2.13. The number of hydrogen-bond acceptors (Lipinski definition) is 6. The summed E-state index contributed by atoms with van der Waals surface area (Å²) in [5.74, 6) is 0.516. The highest BCUT2D eigenvalue weighted by molar-refractivity contribution is 7.99. The molecule has 29 heavy (non-hydrogen) atoms. The van der Waals surface area contributed by atoms with E-state index in [9.17, 15) is 4.79 Å². The van der Waals surface area contributed by atoms with Crippen molar-refractivity contribution >= 4 is 46.9 Å². The van der Waals surface area contributed by atoms with E-state index < -0.39 is 0 Å². The van der Waals surface area contributed by atoms with Crippen LogP contribution in [0, 0.1) is 6.92 Å².